The summed E-state index contributed by atoms with van der Waals surface area (Å²) in [7, 11) is 0. The highest BCUT2D eigenvalue weighted by molar-refractivity contribution is 5.76. The van der Waals surface area contributed by atoms with E-state index in [0.717, 1.165) is 42.7 Å². The smallest absolute Gasteiger partial charge is 0.252 e. The molecule has 0 radical (unpaired) electrons. The van der Waals surface area contributed by atoms with Gasteiger partial charge < -0.3 is 10.2 Å². The Morgan fingerprint density at radius 1 is 0.938 bits per heavy atom. The van der Waals surface area contributed by atoms with Crippen LogP contribution in [0.5, 0.6) is 0 Å². The first kappa shape index (κ1) is 21.0. The minimum absolute atomic E-state index is 0.0268. The second-order valence-electron chi connectivity index (χ2n) is 9.57. The summed E-state index contributed by atoms with van der Waals surface area (Å²) in [5, 5.41) is 4.24. The van der Waals surface area contributed by atoms with Crippen LogP contribution in [0.15, 0.2) is 47.4 Å². The quantitative estimate of drug-likeness (QED) is 0.589. The molecule has 168 valence electrons. The predicted octanol–water partition coefficient (Wildman–Crippen LogP) is 5.52. The maximum Gasteiger partial charge on any atom is 0.252 e. The molecule has 3 aromatic rings. The fourth-order valence-corrected chi connectivity index (χ4v) is 5.37. The number of nitrogens with one attached hydrogen (secondary N) is 1. The Hall–Kier alpha value is -2.89. The lowest BCUT2D eigenvalue weighted by Gasteiger charge is -2.35. The van der Waals surface area contributed by atoms with E-state index in [-0.39, 0.29) is 11.6 Å². The van der Waals surface area contributed by atoms with Crippen molar-refractivity contribution in [2.45, 2.75) is 58.4 Å². The van der Waals surface area contributed by atoms with Crippen LogP contribution in [0.3, 0.4) is 0 Å². The third-order valence-corrected chi connectivity index (χ3v) is 7.51. The fraction of sp³-hybridized carbons (Fsp3) is 0.500. The Balaban J connectivity index is 1.43. The molecule has 1 aliphatic carbocycles. The van der Waals surface area contributed by atoms with Gasteiger partial charge in [0.1, 0.15) is 5.65 Å². The van der Waals surface area contributed by atoms with Crippen LogP contribution in [0.25, 0.3) is 11.0 Å². The molecule has 6 heteroatoms. The number of pyridine rings is 1. The number of rotatable bonds is 4. The van der Waals surface area contributed by atoms with E-state index < -0.39 is 0 Å². The average molecular weight is 432 g/mol. The molecule has 0 bridgehead atoms. The standard InChI is InChI=1S/C26H33N5O/c1-18-7-6-8-23(19(18)2)31-24(32)14-9-20-17-27-26(29-25(20)31)28-21-10-12-22(13-11-21)30-15-4-3-5-16-30/h9-14,17-19,23H,3-8,15-16H2,1-2H3,(H,27,28,29). The van der Waals surface area contributed by atoms with Crippen LogP contribution in [-0.4, -0.2) is 27.6 Å². The maximum absolute atomic E-state index is 12.9. The summed E-state index contributed by atoms with van der Waals surface area (Å²) in [6.45, 7) is 6.83. The average Bonchev–Trinajstić information content (AvgIpc) is 2.82. The van der Waals surface area contributed by atoms with Crippen LogP contribution in [0.4, 0.5) is 17.3 Å². The van der Waals surface area contributed by atoms with E-state index in [1.807, 2.05) is 16.8 Å². The summed E-state index contributed by atoms with van der Waals surface area (Å²) < 4.78 is 1.92. The van der Waals surface area contributed by atoms with Gasteiger partial charge in [0, 0.05) is 48.2 Å². The molecule has 32 heavy (non-hydrogen) atoms. The van der Waals surface area contributed by atoms with Crippen LogP contribution >= 0.6 is 0 Å². The third-order valence-electron chi connectivity index (χ3n) is 7.51. The van der Waals surface area contributed by atoms with Crippen LogP contribution in [0, 0.1) is 11.8 Å². The van der Waals surface area contributed by atoms with E-state index in [0.29, 0.717) is 17.8 Å². The third kappa shape index (κ3) is 4.10. The lowest BCUT2D eigenvalue weighted by Crippen LogP contribution is -2.34. The monoisotopic (exact) mass is 431 g/mol. The normalized spacial score (nSPS) is 23.9. The van der Waals surface area contributed by atoms with E-state index in [1.54, 1.807) is 6.07 Å². The molecule has 2 aromatic heterocycles. The van der Waals surface area contributed by atoms with Gasteiger partial charge in [-0.1, -0.05) is 26.7 Å². The number of nitrogens with zero attached hydrogens (tertiary/aromatic N) is 4. The Morgan fingerprint density at radius 3 is 2.50 bits per heavy atom. The van der Waals surface area contributed by atoms with Crippen molar-refractivity contribution in [1.29, 1.82) is 0 Å². The number of piperidine rings is 1. The molecule has 5 rings (SSSR count). The Morgan fingerprint density at radius 2 is 1.72 bits per heavy atom. The van der Waals surface area contributed by atoms with Gasteiger partial charge >= 0.3 is 0 Å². The Kier molecular flexibility index (Phi) is 5.85. The minimum Gasteiger partial charge on any atom is -0.372 e. The maximum atomic E-state index is 12.9. The molecule has 3 unspecified atom stereocenters. The number of hydrogen-bond donors (Lipinski definition) is 1. The van der Waals surface area contributed by atoms with Crippen LogP contribution in [0.1, 0.15) is 58.4 Å². The van der Waals surface area contributed by atoms with Gasteiger partial charge in [-0.05, 0) is 67.9 Å². The van der Waals surface area contributed by atoms with Gasteiger partial charge in [0.25, 0.3) is 5.56 Å². The summed E-state index contributed by atoms with van der Waals surface area (Å²) >= 11 is 0. The Bertz CT molecular complexity index is 1130. The Labute approximate surface area is 189 Å². The molecule has 1 saturated carbocycles. The number of aromatic nitrogens is 3. The van der Waals surface area contributed by atoms with Crippen LogP contribution in [-0.2, 0) is 0 Å². The van der Waals surface area contributed by atoms with Crippen molar-refractivity contribution in [3.8, 4) is 0 Å². The molecule has 1 saturated heterocycles. The van der Waals surface area contributed by atoms with Crippen LogP contribution < -0.4 is 15.8 Å². The van der Waals surface area contributed by atoms with E-state index in [2.05, 4.69) is 53.3 Å². The highest BCUT2D eigenvalue weighted by Gasteiger charge is 2.30. The lowest BCUT2D eigenvalue weighted by atomic mass is 9.78. The van der Waals surface area contributed by atoms with Crippen molar-refractivity contribution in [3.05, 3.63) is 52.9 Å². The van der Waals surface area contributed by atoms with E-state index in [9.17, 15) is 4.79 Å². The van der Waals surface area contributed by atoms with Gasteiger partial charge in [0.2, 0.25) is 5.95 Å². The van der Waals surface area contributed by atoms with Gasteiger partial charge in [-0.25, -0.2) is 4.98 Å². The molecule has 2 aliphatic rings. The first-order chi connectivity index (χ1) is 15.6. The van der Waals surface area contributed by atoms with Crippen molar-refractivity contribution in [2.24, 2.45) is 11.8 Å². The molecule has 3 heterocycles. The van der Waals surface area contributed by atoms with Gasteiger partial charge in [-0.15, -0.1) is 0 Å². The zero-order chi connectivity index (χ0) is 22.1. The SMILES string of the molecule is CC1CCCC(n2c(=O)ccc3cnc(Nc4ccc(N5CCCCC5)cc4)nc32)C1C. The minimum atomic E-state index is 0.0268. The molecule has 1 N–H and O–H groups in total. The highest BCUT2D eigenvalue weighted by atomic mass is 16.1. The van der Waals surface area contributed by atoms with E-state index >= 15 is 0 Å². The van der Waals surface area contributed by atoms with E-state index in [1.165, 1.54) is 31.4 Å². The molecule has 3 atom stereocenters. The van der Waals surface area contributed by atoms with Crippen LogP contribution in [0.2, 0.25) is 0 Å². The molecule has 2 fully saturated rings. The number of benzene rings is 1. The molecule has 6 nitrogen and oxygen atoms in total. The van der Waals surface area contributed by atoms with Crippen molar-refractivity contribution in [1.82, 2.24) is 14.5 Å². The fourth-order valence-electron chi connectivity index (χ4n) is 5.37. The number of fused-ring (bicyclic) bond motifs is 1. The van der Waals surface area contributed by atoms with Crippen molar-refractivity contribution < 1.29 is 0 Å². The second kappa shape index (κ2) is 8.93. The summed E-state index contributed by atoms with van der Waals surface area (Å²) in [6, 6.07) is 12.2. The van der Waals surface area contributed by atoms with Gasteiger partial charge in [-0.3, -0.25) is 9.36 Å². The summed E-state index contributed by atoms with van der Waals surface area (Å²) in [4.78, 5) is 24.7. The van der Waals surface area contributed by atoms with E-state index in [4.69, 9.17) is 4.98 Å². The first-order valence-corrected chi connectivity index (χ1v) is 12.1. The molecular formula is C26H33N5O. The van der Waals surface area contributed by atoms with Gasteiger partial charge in [0.15, 0.2) is 0 Å². The summed E-state index contributed by atoms with van der Waals surface area (Å²) in [5.74, 6) is 1.58. The molecule has 1 aromatic carbocycles. The second-order valence-corrected chi connectivity index (χ2v) is 9.57. The summed E-state index contributed by atoms with van der Waals surface area (Å²) in [6.07, 6.45) is 9.09. The number of hydrogen-bond acceptors (Lipinski definition) is 5. The van der Waals surface area contributed by atoms with Gasteiger partial charge in [0.05, 0.1) is 0 Å². The van der Waals surface area contributed by atoms with Gasteiger partial charge in [-0.2, -0.15) is 4.98 Å². The largest absolute Gasteiger partial charge is 0.372 e. The van der Waals surface area contributed by atoms with Crippen molar-refractivity contribution >= 4 is 28.4 Å². The summed E-state index contributed by atoms with van der Waals surface area (Å²) in [5.41, 5.74) is 2.98. The van der Waals surface area contributed by atoms with Crippen molar-refractivity contribution in [3.63, 3.8) is 0 Å². The molecule has 1 aliphatic heterocycles. The molecular weight excluding hydrogens is 398 g/mol. The predicted molar refractivity (Wildman–Crippen MR) is 131 cm³/mol. The zero-order valence-electron chi connectivity index (χ0n) is 19.1. The first-order valence-electron chi connectivity index (χ1n) is 12.1. The zero-order valence-corrected chi connectivity index (χ0v) is 19.1. The lowest BCUT2D eigenvalue weighted by molar-refractivity contribution is 0.186. The molecule has 0 amide bonds. The number of anilines is 3. The topological polar surface area (TPSA) is 63.1 Å². The molecule has 0 spiro atoms. The van der Waals surface area contributed by atoms with Crippen molar-refractivity contribution in [2.75, 3.05) is 23.3 Å². The highest BCUT2D eigenvalue weighted by Crippen LogP contribution is 2.38.